The minimum atomic E-state index is -3.68. The van der Waals surface area contributed by atoms with Crippen LogP contribution in [-0.4, -0.2) is 32.8 Å². The highest BCUT2D eigenvalue weighted by Crippen LogP contribution is 2.25. The molecule has 0 unspecified atom stereocenters. The predicted octanol–water partition coefficient (Wildman–Crippen LogP) is 4.53. The van der Waals surface area contributed by atoms with Crippen molar-refractivity contribution in [3.63, 3.8) is 0 Å². The lowest BCUT2D eigenvalue weighted by Crippen LogP contribution is -2.27. The maximum atomic E-state index is 12.8. The highest BCUT2D eigenvalue weighted by molar-refractivity contribution is 9.10. The van der Waals surface area contributed by atoms with Crippen molar-refractivity contribution in [2.45, 2.75) is 11.4 Å². The van der Waals surface area contributed by atoms with Crippen LogP contribution in [0.2, 0.25) is 0 Å². The van der Waals surface area contributed by atoms with Gasteiger partial charge in [-0.05, 0) is 48.5 Å². The molecule has 0 atom stereocenters. The smallest absolute Gasteiger partial charge is 0.255 e. The van der Waals surface area contributed by atoms with Crippen LogP contribution in [0.1, 0.15) is 15.9 Å². The van der Waals surface area contributed by atoms with Crippen LogP contribution in [0.4, 0.5) is 5.69 Å². The van der Waals surface area contributed by atoms with Gasteiger partial charge in [0.15, 0.2) is 0 Å². The van der Waals surface area contributed by atoms with Crippen LogP contribution in [0.5, 0.6) is 5.75 Å². The SMILES string of the molecule is COc1ccc(C(=O)Nc2cccc(Br)c2)cc1CN(C)S(=O)(=O)c1ccccc1. The zero-order chi connectivity index (χ0) is 21.7. The quantitative estimate of drug-likeness (QED) is 0.529. The lowest BCUT2D eigenvalue weighted by Gasteiger charge is -2.19. The second-order valence-corrected chi connectivity index (χ2v) is 9.53. The van der Waals surface area contributed by atoms with Gasteiger partial charge in [0.25, 0.3) is 5.91 Å². The summed E-state index contributed by atoms with van der Waals surface area (Å²) in [5.74, 6) is 0.203. The van der Waals surface area contributed by atoms with E-state index in [2.05, 4.69) is 21.2 Å². The molecule has 0 aromatic heterocycles. The van der Waals surface area contributed by atoms with Crippen LogP contribution in [0, 0.1) is 0 Å². The van der Waals surface area contributed by atoms with Gasteiger partial charge in [0.1, 0.15) is 5.75 Å². The molecule has 1 N–H and O–H groups in total. The Morgan fingerprint density at radius 2 is 1.77 bits per heavy atom. The lowest BCUT2D eigenvalue weighted by molar-refractivity contribution is 0.102. The molecule has 3 rings (SSSR count). The Balaban J connectivity index is 1.85. The molecule has 3 aromatic carbocycles. The fourth-order valence-electron chi connectivity index (χ4n) is 2.91. The fraction of sp³-hybridized carbons (Fsp3) is 0.136. The summed E-state index contributed by atoms with van der Waals surface area (Å²) in [5.41, 5.74) is 1.63. The van der Waals surface area contributed by atoms with Crippen LogP contribution in [0.25, 0.3) is 0 Å². The molecule has 0 spiro atoms. The summed E-state index contributed by atoms with van der Waals surface area (Å²) >= 11 is 3.37. The molecule has 0 saturated carbocycles. The maximum absolute atomic E-state index is 12.8. The minimum absolute atomic E-state index is 0.0540. The zero-order valence-electron chi connectivity index (χ0n) is 16.5. The second-order valence-electron chi connectivity index (χ2n) is 6.57. The number of nitrogens with one attached hydrogen (secondary N) is 1. The standard InChI is InChI=1S/C22H21BrN2O4S/c1-25(30(27,28)20-9-4-3-5-10-20)15-17-13-16(11-12-21(17)29-2)22(26)24-19-8-6-7-18(23)14-19/h3-14H,15H2,1-2H3,(H,24,26). The maximum Gasteiger partial charge on any atom is 0.255 e. The van der Waals surface area contributed by atoms with Gasteiger partial charge in [0.05, 0.1) is 12.0 Å². The van der Waals surface area contributed by atoms with Crippen LogP contribution in [-0.2, 0) is 16.6 Å². The van der Waals surface area contributed by atoms with Gasteiger partial charge in [-0.15, -0.1) is 0 Å². The highest BCUT2D eigenvalue weighted by Gasteiger charge is 2.22. The van der Waals surface area contributed by atoms with Crippen LogP contribution < -0.4 is 10.1 Å². The monoisotopic (exact) mass is 488 g/mol. The number of carbonyl (C=O) groups excluding carboxylic acids is 1. The molecule has 156 valence electrons. The van der Waals surface area contributed by atoms with Gasteiger partial charge >= 0.3 is 0 Å². The summed E-state index contributed by atoms with van der Waals surface area (Å²) in [7, 11) is -0.675. The molecule has 6 nitrogen and oxygen atoms in total. The molecule has 0 aliphatic heterocycles. The van der Waals surface area contributed by atoms with Crippen LogP contribution in [0.15, 0.2) is 82.2 Å². The van der Waals surface area contributed by atoms with Crippen molar-refractivity contribution in [1.29, 1.82) is 0 Å². The van der Waals surface area contributed by atoms with E-state index in [1.807, 2.05) is 12.1 Å². The van der Waals surface area contributed by atoms with E-state index in [1.165, 1.54) is 18.5 Å². The highest BCUT2D eigenvalue weighted by atomic mass is 79.9. The Morgan fingerprint density at radius 3 is 2.43 bits per heavy atom. The second kappa shape index (κ2) is 9.42. The minimum Gasteiger partial charge on any atom is -0.496 e. The number of benzene rings is 3. The molecule has 0 fully saturated rings. The largest absolute Gasteiger partial charge is 0.496 e. The van der Waals surface area contributed by atoms with Crippen LogP contribution >= 0.6 is 15.9 Å². The van der Waals surface area contributed by atoms with E-state index in [-0.39, 0.29) is 17.3 Å². The Bertz CT molecular complexity index is 1150. The molecule has 0 aliphatic rings. The zero-order valence-corrected chi connectivity index (χ0v) is 18.9. The molecular weight excluding hydrogens is 468 g/mol. The number of ether oxygens (including phenoxy) is 1. The number of hydrogen-bond acceptors (Lipinski definition) is 4. The van der Waals surface area contributed by atoms with E-state index in [4.69, 9.17) is 4.74 Å². The van der Waals surface area contributed by atoms with E-state index in [0.717, 1.165) is 4.47 Å². The molecule has 3 aromatic rings. The van der Waals surface area contributed by atoms with E-state index < -0.39 is 10.0 Å². The van der Waals surface area contributed by atoms with Gasteiger partial charge in [-0.25, -0.2) is 8.42 Å². The number of sulfonamides is 1. The van der Waals surface area contributed by atoms with E-state index >= 15 is 0 Å². The molecular formula is C22H21BrN2O4S. The number of amides is 1. The van der Waals surface area contributed by atoms with Gasteiger partial charge in [-0.1, -0.05) is 40.2 Å². The van der Waals surface area contributed by atoms with Crippen molar-refractivity contribution in [2.24, 2.45) is 0 Å². The number of nitrogens with zero attached hydrogens (tertiary/aromatic N) is 1. The molecule has 0 bridgehead atoms. The van der Waals surface area contributed by atoms with Crippen molar-refractivity contribution in [3.05, 3.63) is 88.4 Å². The summed E-state index contributed by atoms with van der Waals surface area (Å²) in [6, 6.07) is 20.4. The van der Waals surface area contributed by atoms with Gasteiger partial charge in [0, 0.05) is 34.9 Å². The summed E-state index contributed by atoms with van der Waals surface area (Å²) in [6.07, 6.45) is 0. The Hall–Kier alpha value is -2.68. The predicted molar refractivity (Wildman–Crippen MR) is 120 cm³/mol. The van der Waals surface area contributed by atoms with E-state index in [9.17, 15) is 13.2 Å². The van der Waals surface area contributed by atoms with Gasteiger partial charge < -0.3 is 10.1 Å². The number of methoxy groups -OCH3 is 1. The third kappa shape index (κ3) is 5.08. The fourth-order valence-corrected chi connectivity index (χ4v) is 4.48. The Labute approximate surface area is 184 Å². The Morgan fingerprint density at radius 1 is 1.03 bits per heavy atom. The molecule has 0 radical (unpaired) electrons. The summed E-state index contributed by atoms with van der Waals surface area (Å²) in [4.78, 5) is 12.9. The molecule has 0 aliphatic carbocycles. The number of rotatable bonds is 7. The molecule has 8 heteroatoms. The molecule has 30 heavy (non-hydrogen) atoms. The number of halogens is 1. The van der Waals surface area contributed by atoms with Crippen molar-refractivity contribution in [1.82, 2.24) is 4.31 Å². The first kappa shape index (κ1) is 22.0. The average Bonchev–Trinajstić information content (AvgIpc) is 2.74. The van der Waals surface area contributed by atoms with Crippen molar-refractivity contribution in [3.8, 4) is 5.75 Å². The van der Waals surface area contributed by atoms with E-state index in [1.54, 1.807) is 60.7 Å². The third-order valence-electron chi connectivity index (χ3n) is 4.47. The van der Waals surface area contributed by atoms with Gasteiger partial charge in [-0.2, -0.15) is 4.31 Å². The first-order valence-corrected chi connectivity index (χ1v) is 11.3. The molecule has 1 amide bonds. The van der Waals surface area contributed by atoms with Crippen molar-refractivity contribution < 1.29 is 17.9 Å². The topological polar surface area (TPSA) is 75.7 Å². The number of hydrogen-bond donors (Lipinski definition) is 1. The third-order valence-corrected chi connectivity index (χ3v) is 6.78. The van der Waals surface area contributed by atoms with Crippen molar-refractivity contribution in [2.75, 3.05) is 19.5 Å². The van der Waals surface area contributed by atoms with E-state index in [0.29, 0.717) is 22.6 Å². The number of anilines is 1. The summed E-state index contributed by atoms with van der Waals surface area (Å²) in [6.45, 7) is 0.0540. The first-order chi connectivity index (χ1) is 14.3. The normalized spacial score (nSPS) is 11.3. The Kier molecular flexibility index (Phi) is 6.91. The van der Waals surface area contributed by atoms with Crippen LogP contribution in [0.3, 0.4) is 0 Å². The van der Waals surface area contributed by atoms with Crippen molar-refractivity contribution >= 4 is 37.5 Å². The van der Waals surface area contributed by atoms with Gasteiger partial charge in [0.2, 0.25) is 10.0 Å². The summed E-state index contributed by atoms with van der Waals surface area (Å²) in [5, 5.41) is 2.83. The lowest BCUT2D eigenvalue weighted by atomic mass is 10.1. The average molecular weight is 489 g/mol. The summed E-state index contributed by atoms with van der Waals surface area (Å²) < 4.78 is 33.1. The van der Waals surface area contributed by atoms with Gasteiger partial charge in [-0.3, -0.25) is 4.79 Å². The first-order valence-electron chi connectivity index (χ1n) is 9.06. The molecule has 0 heterocycles. The molecule has 0 saturated heterocycles. The number of carbonyl (C=O) groups is 1.